The zero-order valence-corrected chi connectivity index (χ0v) is 17.4. The van der Waals surface area contributed by atoms with Crippen LogP contribution in [-0.4, -0.2) is 47.1 Å². The van der Waals surface area contributed by atoms with E-state index in [0.29, 0.717) is 24.2 Å². The minimum absolute atomic E-state index is 0.0531. The number of amides is 4. The molecule has 4 amide bonds. The highest BCUT2D eigenvalue weighted by Gasteiger charge is 2.47. The number of likely N-dealkylation sites (tertiary alicyclic amines) is 1. The molecule has 9 heteroatoms. The number of nitrogens with zero attached hydrogens (tertiary/aromatic N) is 1. The van der Waals surface area contributed by atoms with Gasteiger partial charge in [-0.1, -0.05) is 12.2 Å². The smallest absolute Gasteiger partial charge is 0.308 e. The van der Waals surface area contributed by atoms with Crippen molar-refractivity contribution < 1.29 is 28.7 Å². The second kappa shape index (κ2) is 9.55. The summed E-state index contributed by atoms with van der Waals surface area (Å²) in [6, 6.07) is 6.48. The lowest BCUT2D eigenvalue weighted by molar-refractivity contribution is -0.154. The molecular weight excluding hydrogens is 402 g/mol. The number of ether oxygens (including phenoxy) is 1. The average Bonchev–Trinajstić information content (AvgIpc) is 2.98. The van der Waals surface area contributed by atoms with Crippen molar-refractivity contribution in [2.24, 2.45) is 11.8 Å². The number of allylic oxidation sites excluding steroid dienone is 2. The van der Waals surface area contributed by atoms with Crippen molar-refractivity contribution in [3.05, 3.63) is 36.4 Å². The maximum Gasteiger partial charge on any atom is 0.308 e. The van der Waals surface area contributed by atoms with Gasteiger partial charge in [0.05, 0.1) is 18.3 Å². The third kappa shape index (κ3) is 5.36. The van der Waals surface area contributed by atoms with Crippen LogP contribution in [-0.2, 0) is 28.7 Å². The van der Waals surface area contributed by atoms with Crippen LogP contribution >= 0.6 is 0 Å². The van der Waals surface area contributed by atoms with Gasteiger partial charge in [-0.3, -0.25) is 28.9 Å². The van der Waals surface area contributed by atoms with Gasteiger partial charge >= 0.3 is 5.97 Å². The molecule has 1 aromatic carbocycles. The van der Waals surface area contributed by atoms with Crippen molar-refractivity contribution in [3.8, 4) is 0 Å². The fourth-order valence-electron chi connectivity index (χ4n) is 3.69. The van der Waals surface area contributed by atoms with E-state index in [4.69, 9.17) is 4.74 Å². The number of anilines is 2. The molecule has 0 radical (unpaired) electrons. The van der Waals surface area contributed by atoms with Crippen molar-refractivity contribution >= 4 is 41.0 Å². The Kier molecular flexibility index (Phi) is 6.84. The lowest BCUT2D eigenvalue weighted by Crippen LogP contribution is -2.35. The van der Waals surface area contributed by atoms with Crippen LogP contribution in [0.2, 0.25) is 0 Å². The molecule has 0 unspecified atom stereocenters. The molecule has 0 saturated carbocycles. The van der Waals surface area contributed by atoms with Gasteiger partial charge < -0.3 is 15.4 Å². The Hall–Kier alpha value is -3.49. The first-order valence-corrected chi connectivity index (χ1v) is 10.1. The van der Waals surface area contributed by atoms with Gasteiger partial charge in [-0.05, 0) is 44.0 Å². The summed E-state index contributed by atoms with van der Waals surface area (Å²) in [7, 11) is 0. The Bertz CT molecular complexity index is 898. The molecule has 9 nitrogen and oxygen atoms in total. The normalized spacial score (nSPS) is 20.8. The van der Waals surface area contributed by atoms with Crippen molar-refractivity contribution in [3.63, 3.8) is 0 Å². The molecule has 1 heterocycles. The Morgan fingerprint density at radius 1 is 1.00 bits per heavy atom. The molecule has 1 aliphatic heterocycles. The lowest BCUT2D eigenvalue weighted by atomic mass is 9.85. The molecule has 2 aliphatic rings. The zero-order valence-electron chi connectivity index (χ0n) is 17.4. The van der Waals surface area contributed by atoms with Crippen LogP contribution in [0.3, 0.4) is 0 Å². The van der Waals surface area contributed by atoms with Crippen LogP contribution in [0.25, 0.3) is 0 Å². The SMILES string of the molecule is CC(=O)Nc1ccc(NC(=O)[C@H](C)OC(=O)CCN2C(=O)[C@@H]3CC=CC[C@H]3C2=O)cc1. The number of fused-ring (bicyclic) bond motifs is 1. The van der Waals surface area contributed by atoms with E-state index >= 15 is 0 Å². The summed E-state index contributed by atoms with van der Waals surface area (Å²) in [5.41, 5.74) is 1.07. The van der Waals surface area contributed by atoms with Gasteiger partial charge in [-0.25, -0.2) is 0 Å². The summed E-state index contributed by atoms with van der Waals surface area (Å²) in [6.45, 7) is 2.78. The Morgan fingerprint density at radius 3 is 2.03 bits per heavy atom. The molecule has 0 bridgehead atoms. The van der Waals surface area contributed by atoms with Crippen molar-refractivity contribution in [1.29, 1.82) is 0 Å². The van der Waals surface area contributed by atoms with Gasteiger partial charge in [0.1, 0.15) is 0 Å². The molecule has 3 rings (SSSR count). The molecule has 164 valence electrons. The van der Waals surface area contributed by atoms with Crippen LogP contribution in [0.1, 0.15) is 33.1 Å². The average molecular weight is 427 g/mol. The van der Waals surface area contributed by atoms with E-state index in [1.54, 1.807) is 24.3 Å². The summed E-state index contributed by atoms with van der Waals surface area (Å²) >= 11 is 0. The molecule has 1 aromatic rings. The molecule has 1 aliphatic carbocycles. The fourth-order valence-corrected chi connectivity index (χ4v) is 3.69. The quantitative estimate of drug-likeness (QED) is 0.389. The molecule has 1 saturated heterocycles. The minimum atomic E-state index is -1.06. The standard InChI is InChI=1S/C22H25N3O6/c1-13(20(28)24-16-9-7-15(8-10-16)23-14(2)26)31-19(27)11-12-25-21(29)17-5-3-4-6-18(17)22(25)30/h3-4,7-10,13,17-18H,5-6,11-12H2,1-2H3,(H,23,26)(H,24,28)/t13-,17+,18+/m0/s1. The summed E-state index contributed by atoms with van der Waals surface area (Å²) in [5.74, 6) is -2.57. The topological polar surface area (TPSA) is 122 Å². The minimum Gasteiger partial charge on any atom is -0.452 e. The van der Waals surface area contributed by atoms with Gasteiger partial charge in [0.15, 0.2) is 6.10 Å². The number of carbonyl (C=O) groups excluding carboxylic acids is 5. The van der Waals surface area contributed by atoms with Crippen molar-refractivity contribution in [1.82, 2.24) is 4.90 Å². The number of nitrogens with one attached hydrogen (secondary N) is 2. The number of hydrogen-bond acceptors (Lipinski definition) is 6. The van der Waals surface area contributed by atoms with E-state index < -0.39 is 18.0 Å². The summed E-state index contributed by atoms with van der Waals surface area (Å²) in [4.78, 5) is 61.4. The maximum absolute atomic E-state index is 12.4. The largest absolute Gasteiger partial charge is 0.452 e. The first kappa shape index (κ1) is 22.2. The van der Waals surface area contributed by atoms with Gasteiger partial charge in [0.25, 0.3) is 5.91 Å². The van der Waals surface area contributed by atoms with Crippen molar-refractivity contribution in [2.75, 3.05) is 17.2 Å². The molecular formula is C22H25N3O6. The highest BCUT2D eigenvalue weighted by atomic mass is 16.5. The van der Waals surface area contributed by atoms with Crippen LogP contribution in [0.5, 0.6) is 0 Å². The summed E-state index contributed by atoms with van der Waals surface area (Å²) in [6.07, 6.45) is 3.65. The third-order valence-corrected chi connectivity index (χ3v) is 5.29. The second-order valence-electron chi connectivity index (χ2n) is 7.61. The molecule has 31 heavy (non-hydrogen) atoms. The van der Waals surface area contributed by atoms with Gasteiger partial charge in [0, 0.05) is 24.8 Å². The molecule has 1 fully saturated rings. The Labute approximate surface area is 179 Å². The number of benzene rings is 1. The molecule has 0 spiro atoms. The number of esters is 1. The monoisotopic (exact) mass is 427 g/mol. The summed E-state index contributed by atoms with van der Waals surface area (Å²) in [5, 5.41) is 5.24. The third-order valence-electron chi connectivity index (χ3n) is 5.29. The number of imide groups is 1. The molecule has 2 N–H and O–H groups in total. The summed E-state index contributed by atoms with van der Waals surface area (Å²) < 4.78 is 5.14. The Balaban J connectivity index is 1.45. The second-order valence-corrected chi connectivity index (χ2v) is 7.61. The van der Waals surface area contributed by atoms with Crippen LogP contribution in [0.15, 0.2) is 36.4 Å². The number of hydrogen-bond donors (Lipinski definition) is 2. The van der Waals surface area contributed by atoms with E-state index in [2.05, 4.69) is 10.6 Å². The Morgan fingerprint density at radius 2 is 1.52 bits per heavy atom. The van der Waals surface area contributed by atoms with E-state index in [-0.39, 0.29) is 42.5 Å². The molecule has 0 aromatic heterocycles. The van der Waals surface area contributed by atoms with Crippen LogP contribution < -0.4 is 10.6 Å². The van der Waals surface area contributed by atoms with Gasteiger partial charge in [-0.2, -0.15) is 0 Å². The highest BCUT2D eigenvalue weighted by molar-refractivity contribution is 6.05. The zero-order chi connectivity index (χ0) is 22.5. The molecule has 3 atom stereocenters. The number of rotatable bonds is 7. The predicted octanol–water partition coefficient (Wildman–Crippen LogP) is 1.86. The van der Waals surface area contributed by atoms with Gasteiger partial charge in [0.2, 0.25) is 17.7 Å². The van der Waals surface area contributed by atoms with E-state index in [1.165, 1.54) is 13.8 Å². The number of carbonyl (C=O) groups is 5. The fraction of sp³-hybridized carbons (Fsp3) is 0.409. The van der Waals surface area contributed by atoms with Crippen molar-refractivity contribution in [2.45, 2.75) is 39.2 Å². The van der Waals surface area contributed by atoms with E-state index in [1.807, 2.05) is 12.2 Å². The van der Waals surface area contributed by atoms with Gasteiger partial charge in [-0.15, -0.1) is 0 Å². The maximum atomic E-state index is 12.4. The van der Waals surface area contributed by atoms with E-state index in [9.17, 15) is 24.0 Å². The predicted molar refractivity (Wildman–Crippen MR) is 112 cm³/mol. The van der Waals surface area contributed by atoms with Crippen LogP contribution in [0, 0.1) is 11.8 Å². The highest BCUT2D eigenvalue weighted by Crippen LogP contribution is 2.35. The first-order valence-electron chi connectivity index (χ1n) is 10.1. The first-order chi connectivity index (χ1) is 14.8. The van der Waals surface area contributed by atoms with Crippen LogP contribution in [0.4, 0.5) is 11.4 Å². The van der Waals surface area contributed by atoms with E-state index in [0.717, 1.165) is 4.90 Å². The lowest BCUT2D eigenvalue weighted by Gasteiger charge is -2.16.